The zero-order chi connectivity index (χ0) is 20.0. The normalized spacial score (nSPS) is 12.3. The second-order valence-corrected chi connectivity index (χ2v) is 8.64. The Bertz CT molecular complexity index is 900. The summed E-state index contributed by atoms with van der Waals surface area (Å²) in [5.41, 5.74) is 1.01. The Morgan fingerprint density at radius 1 is 1.22 bits per heavy atom. The maximum absolute atomic E-state index is 12.9. The fourth-order valence-corrected chi connectivity index (χ4v) is 4.40. The van der Waals surface area contributed by atoms with Gasteiger partial charge in [-0.25, -0.2) is 8.42 Å². The van der Waals surface area contributed by atoms with E-state index in [9.17, 15) is 13.2 Å². The van der Waals surface area contributed by atoms with Crippen LogP contribution in [0.15, 0.2) is 53.4 Å². The van der Waals surface area contributed by atoms with E-state index >= 15 is 0 Å². The average molecular weight is 409 g/mol. The first-order chi connectivity index (χ1) is 12.8. The molecule has 2 aromatic carbocycles. The summed E-state index contributed by atoms with van der Waals surface area (Å²) in [5, 5.41) is 2.83. The second kappa shape index (κ2) is 9.14. The zero-order valence-electron chi connectivity index (χ0n) is 15.8. The molecule has 0 fully saturated rings. The molecule has 0 aliphatic carbocycles. The third-order valence-electron chi connectivity index (χ3n) is 3.97. The molecular formula is C19H24N2O4S2. The van der Waals surface area contributed by atoms with Crippen LogP contribution in [0.1, 0.15) is 13.3 Å². The minimum atomic E-state index is -3.69. The van der Waals surface area contributed by atoms with E-state index in [4.69, 9.17) is 4.74 Å². The Hall–Kier alpha value is -2.19. The van der Waals surface area contributed by atoms with E-state index in [0.29, 0.717) is 23.5 Å². The predicted molar refractivity (Wildman–Crippen MR) is 111 cm³/mol. The first-order valence-corrected chi connectivity index (χ1v) is 11.5. The maximum atomic E-state index is 12.9. The van der Waals surface area contributed by atoms with Crippen LogP contribution in [0.4, 0.5) is 11.4 Å². The molecule has 0 aromatic heterocycles. The molecule has 0 saturated heterocycles. The predicted octanol–water partition coefficient (Wildman–Crippen LogP) is 3.60. The topological polar surface area (TPSA) is 75.7 Å². The lowest BCUT2D eigenvalue weighted by atomic mass is 10.1. The summed E-state index contributed by atoms with van der Waals surface area (Å²) < 4.78 is 31.3. The summed E-state index contributed by atoms with van der Waals surface area (Å²) in [4.78, 5) is 13.9. The molecule has 1 unspecified atom stereocenters. The van der Waals surface area contributed by atoms with Gasteiger partial charge in [-0.2, -0.15) is 0 Å². The van der Waals surface area contributed by atoms with Gasteiger partial charge in [0.2, 0.25) is 15.9 Å². The molecule has 2 aromatic rings. The molecule has 27 heavy (non-hydrogen) atoms. The van der Waals surface area contributed by atoms with Crippen LogP contribution in [0.5, 0.6) is 5.75 Å². The van der Waals surface area contributed by atoms with Gasteiger partial charge in [0, 0.05) is 16.6 Å². The number of benzene rings is 2. The van der Waals surface area contributed by atoms with Crippen LogP contribution in [0.25, 0.3) is 0 Å². The van der Waals surface area contributed by atoms with Gasteiger partial charge in [-0.15, -0.1) is 11.8 Å². The van der Waals surface area contributed by atoms with Gasteiger partial charge in [0.25, 0.3) is 0 Å². The number of carbonyl (C=O) groups excluding carboxylic acids is 1. The van der Waals surface area contributed by atoms with Crippen LogP contribution < -0.4 is 14.4 Å². The third kappa shape index (κ3) is 5.40. The van der Waals surface area contributed by atoms with Crippen molar-refractivity contribution >= 4 is 39.1 Å². The molecule has 0 spiro atoms. The number of thioether (sulfide) groups is 1. The molecule has 1 amide bonds. The van der Waals surface area contributed by atoms with Crippen molar-refractivity contribution in [2.75, 3.05) is 29.2 Å². The van der Waals surface area contributed by atoms with E-state index in [1.807, 2.05) is 24.5 Å². The number of sulfonamides is 1. The standard InChI is InChI=1S/C19H24N2O4S2/c1-5-18(19(22)20-14-8-6-11-17(12-14)26-3)21(27(4,23)24)15-9-7-10-16(13-15)25-2/h6-13,18H,5H2,1-4H3,(H,20,22). The Morgan fingerprint density at radius 3 is 2.52 bits per heavy atom. The number of rotatable bonds is 8. The fraction of sp³-hybridized carbons (Fsp3) is 0.316. The van der Waals surface area contributed by atoms with Crippen molar-refractivity contribution in [2.45, 2.75) is 24.3 Å². The molecule has 0 aliphatic rings. The molecule has 8 heteroatoms. The summed E-state index contributed by atoms with van der Waals surface area (Å²) >= 11 is 1.56. The molecular weight excluding hydrogens is 384 g/mol. The number of methoxy groups -OCH3 is 1. The van der Waals surface area contributed by atoms with Crippen LogP contribution in [-0.2, 0) is 14.8 Å². The van der Waals surface area contributed by atoms with E-state index in [2.05, 4.69) is 5.32 Å². The molecule has 146 valence electrons. The number of nitrogens with one attached hydrogen (secondary N) is 1. The largest absolute Gasteiger partial charge is 0.497 e. The highest BCUT2D eigenvalue weighted by molar-refractivity contribution is 7.98. The van der Waals surface area contributed by atoms with Crippen molar-refractivity contribution in [1.29, 1.82) is 0 Å². The molecule has 0 radical (unpaired) electrons. The minimum Gasteiger partial charge on any atom is -0.497 e. The van der Waals surface area contributed by atoms with Crippen molar-refractivity contribution < 1.29 is 17.9 Å². The van der Waals surface area contributed by atoms with E-state index in [0.717, 1.165) is 15.5 Å². The number of hydrogen-bond acceptors (Lipinski definition) is 5. The molecule has 0 aliphatic heterocycles. The van der Waals surface area contributed by atoms with Gasteiger partial charge in [-0.3, -0.25) is 9.10 Å². The van der Waals surface area contributed by atoms with Gasteiger partial charge in [0.1, 0.15) is 11.8 Å². The molecule has 0 saturated carbocycles. The highest BCUT2D eigenvalue weighted by Crippen LogP contribution is 2.27. The first kappa shape index (κ1) is 21.1. The van der Waals surface area contributed by atoms with Crippen LogP contribution in [0.3, 0.4) is 0 Å². The maximum Gasteiger partial charge on any atom is 0.248 e. The smallest absolute Gasteiger partial charge is 0.248 e. The molecule has 0 heterocycles. The molecule has 2 rings (SSSR count). The van der Waals surface area contributed by atoms with E-state index in [1.54, 1.807) is 49.0 Å². The molecule has 0 bridgehead atoms. The lowest BCUT2D eigenvalue weighted by Gasteiger charge is -2.30. The van der Waals surface area contributed by atoms with Crippen molar-refractivity contribution in [2.24, 2.45) is 0 Å². The van der Waals surface area contributed by atoms with Crippen LogP contribution >= 0.6 is 11.8 Å². The summed E-state index contributed by atoms with van der Waals surface area (Å²) in [6, 6.07) is 13.2. The van der Waals surface area contributed by atoms with Crippen molar-refractivity contribution in [3.8, 4) is 5.75 Å². The number of ether oxygens (including phenoxy) is 1. The van der Waals surface area contributed by atoms with Gasteiger partial charge >= 0.3 is 0 Å². The molecule has 1 atom stereocenters. The first-order valence-electron chi connectivity index (χ1n) is 8.38. The van der Waals surface area contributed by atoms with Crippen LogP contribution in [0.2, 0.25) is 0 Å². The van der Waals surface area contributed by atoms with Gasteiger partial charge in [0.05, 0.1) is 19.1 Å². The number of amides is 1. The second-order valence-electron chi connectivity index (χ2n) is 5.91. The fourth-order valence-electron chi connectivity index (χ4n) is 2.73. The zero-order valence-corrected chi connectivity index (χ0v) is 17.4. The monoisotopic (exact) mass is 408 g/mol. The van der Waals surface area contributed by atoms with Gasteiger partial charge in [-0.1, -0.05) is 19.1 Å². The van der Waals surface area contributed by atoms with Gasteiger partial charge in [-0.05, 0) is 43.0 Å². The van der Waals surface area contributed by atoms with E-state index < -0.39 is 16.1 Å². The highest BCUT2D eigenvalue weighted by Gasteiger charge is 2.31. The summed E-state index contributed by atoms with van der Waals surface area (Å²) in [6.07, 6.45) is 3.36. The SMILES string of the molecule is CCC(C(=O)Nc1cccc(SC)c1)N(c1cccc(OC)c1)S(C)(=O)=O. The Labute approximate surface area is 165 Å². The van der Waals surface area contributed by atoms with Crippen molar-refractivity contribution in [3.05, 3.63) is 48.5 Å². The Morgan fingerprint density at radius 2 is 1.93 bits per heavy atom. The van der Waals surface area contributed by atoms with E-state index in [-0.39, 0.29) is 5.91 Å². The van der Waals surface area contributed by atoms with E-state index in [1.165, 1.54) is 7.11 Å². The highest BCUT2D eigenvalue weighted by atomic mass is 32.2. The Kier molecular flexibility index (Phi) is 7.15. The quantitative estimate of drug-likeness (QED) is 0.676. The van der Waals surface area contributed by atoms with Crippen molar-refractivity contribution in [1.82, 2.24) is 0 Å². The molecule has 1 N–H and O–H groups in total. The van der Waals surface area contributed by atoms with Gasteiger partial charge < -0.3 is 10.1 Å². The number of nitrogens with zero attached hydrogens (tertiary/aromatic N) is 1. The number of anilines is 2. The Balaban J connectivity index is 2.38. The third-order valence-corrected chi connectivity index (χ3v) is 5.88. The number of carbonyl (C=O) groups is 1. The lowest BCUT2D eigenvalue weighted by molar-refractivity contribution is -0.117. The van der Waals surface area contributed by atoms with Gasteiger partial charge in [0.15, 0.2) is 0 Å². The number of hydrogen-bond donors (Lipinski definition) is 1. The van der Waals surface area contributed by atoms with Crippen molar-refractivity contribution in [3.63, 3.8) is 0 Å². The van der Waals surface area contributed by atoms with Crippen LogP contribution in [0, 0.1) is 0 Å². The van der Waals surface area contributed by atoms with Crippen LogP contribution in [-0.4, -0.2) is 40.0 Å². The lowest BCUT2D eigenvalue weighted by Crippen LogP contribution is -2.47. The summed E-state index contributed by atoms with van der Waals surface area (Å²) in [5.74, 6) is 0.132. The summed E-state index contributed by atoms with van der Waals surface area (Å²) in [6.45, 7) is 1.78. The average Bonchev–Trinajstić information content (AvgIpc) is 2.64. The minimum absolute atomic E-state index is 0.318. The molecule has 6 nitrogen and oxygen atoms in total. The summed E-state index contributed by atoms with van der Waals surface area (Å²) in [7, 11) is -2.18.